The van der Waals surface area contributed by atoms with Crippen LogP contribution >= 0.6 is 0 Å². The Morgan fingerprint density at radius 1 is 1.27 bits per heavy atom. The minimum Gasteiger partial charge on any atom is -0.497 e. The lowest BCUT2D eigenvalue weighted by Gasteiger charge is -2.21. The van der Waals surface area contributed by atoms with Crippen LogP contribution in [0.4, 0.5) is 0 Å². The molecule has 0 bridgehead atoms. The summed E-state index contributed by atoms with van der Waals surface area (Å²) in [7, 11) is 1.66. The molecule has 2 rings (SSSR count). The standard InChI is InChI=1S/C17H25N3O2/c1-12(2)16(8-9-21)18-10-14-11-19-20-17(14)13-4-6-15(22-3)7-5-13/h4-7,11-12,16,18,21H,8-10H2,1-3H3,(H,19,20). The van der Waals surface area contributed by atoms with E-state index >= 15 is 0 Å². The molecule has 0 spiro atoms. The number of aliphatic hydroxyl groups is 1. The van der Waals surface area contributed by atoms with Crippen molar-refractivity contribution >= 4 is 0 Å². The van der Waals surface area contributed by atoms with Crippen molar-refractivity contribution in [3.05, 3.63) is 36.0 Å². The maximum Gasteiger partial charge on any atom is 0.118 e. The zero-order chi connectivity index (χ0) is 15.9. The number of nitrogens with one attached hydrogen (secondary N) is 2. The minimum atomic E-state index is 0.201. The molecule has 1 aromatic carbocycles. The largest absolute Gasteiger partial charge is 0.497 e. The van der Waals surface area contributed by atoms with Gasteiger partial charge in [0.25, 0.3) is 0 Å². The molecule has 0 aliphatic rings. The van der Waals surface area contributed by atoms with Gasteiger partial charge >= 0.3 is 0 Å². The van der Waals surface area contributed by atoms with Crippen LogP contribution < -0.4 is 10.1 Å². The van der Waals surface area contributed by atoms with Crippen LogP contribution in [0.3, 0.4) is 0 Å². The predicted molar refractivity (Wildman–Crippen MR) is 87.7 cm³/mol. The van der Waals surface area contributed by atoms with Crippen LogP contribution in [0.15, 0.2) is 30.5 Å². The Morgan fingerprint density at radius 3 is 2.59 bits per heavy atom. The zero-order valence-electron chi connectivity index (χ0n) is 13.5. The molecule has 2 aromatic rings. The van der Waals surface area contributed by atoms with Crippen molar-refractivity contribution in [2.75, 3.05) is 13.7 Å². The highest BCUT2D eigenvalue weighted by Gasteiger charge is 2.14. The molecule has 0 radical (unpaired) electrons. The smallest absolute Gasteiger partial charge is 0.118 e. The van der Waals surface area contributed by atoms with Gasteiger partial charge in [-0.25, -0.2) is 0 Å². The lowest BCUT2D eigenvalue weighted by molar-refractivity contribution is 0.244. The van der Waals surface area contributed by atoms with Gasteiger partial charge in [-0.15, -0.1) is 0 Å². The highest BCUT2D eigenvalue weighted by molar-refractivity contribution is 5.63. The monoisotopic (exact) mass is 303 g/mol. The van der Waals surface area contributed by atoms with Gasteiger partial charge in [0.15, 0.2) is 0 Å². The number of ether oxygens (including phenoxy) is 1. The average molecular weight is 303 g/mol. The Kier molecular flexibility index (Phi) is 5.98. The van der Waals surface area contributed by atoms with E-state index in [1.54, 1.807) is 7.11 Å². The van der Waals surface area contributed by atoms with Crippen molar-refractivity contribution in [3.63, 3.8) is 0 Å². The van der Waals surface area contributed by atoms with E-state index < -0.39 is 0 Å². The van der Waals surface area contributed by atoms with Crippen molar-refractivity contribution in [1.82, 2.24) is 15.5 Å². The lowest BCUT2D eigenvalue weighted by Crippen LogP contribution is -2.34. The van der Waals surface area contributed by atoms with E-state index in [1.165, 1.54) is 0 Å². The van der Waals surface area contributed by atoms with Crippen molar-refractivity contribution in [2.45, 2.75) is 32.9 Å². The molecule has 1 unspecified atom stereocenters. The molecular formula is C17H25N3O2. The van der Waals surface area contributed by atoms with Crippen LogP contribution in [0.1, 0.15) is 25.8 Å². The van der Waals surface area contributed by atoms with Gasteiger partial charge < -0.3 is 15.2 Å². The van der Waals surface area contributed by atoms with Crippen LogP contribution in [-0.2, 0) is 6.54 Å². The molecule has 0 saturated heterocycles. The minimum absolute atomic E-state index is 0.201. The molecule has 0 aliphatic carbocycles. The number of H-pyrrole nitrogens is 1. The van der Waals surface area contributed by atoms with Gasteiger partial charge in [0.2, 0.25) is 0 Å². The quantitative estimate of drug-likeness (QED) is 0.701. The SMILES string of the molecule is COc1ccc(-c2[nH]ncc2CNC(CCO)C(C)C)cc1. The number of hydrogen-bond donors (Lipinski definition) is 3. The summed E-state index contributed by atoms with van der Waals surface area (Å²) >= 11 is 0. The third-order valence-corrected chi connectivity index (χ3v) is 3.90. The fraction of sp³-hybridized carbons (Fsp3) is 0.471. The summed E-state index contributed by atoms with van der Waals surface area (Å²) in [5.41, 5.74) is 3.22. The molecule has 0 saturated carbocycles. The van der Waals surface area contributed by atoms with E-state index in [-0.39, 0.29) is 6.61 Å². The van der Waals surface area contributed by atoms with Gasteiger partial charge in [-0.05, 0) is 36.6 Å². The first kappa shape index (κ1) is 16.5. The van der Waals surface area contributed by atoms with Crippen LogP contribution in [-0.4, -0.2) is 35.1 Å². The summed E-state index contributed by atoms with van der Waals surface area (Å²) in [6.45, 7) is 5.24. The Labute approximate surface area is 131 Å². The number of nitrogens with zero attached hydrogens (tertiary/aromatic N) is 1. The molecule has 1 atom stereocenters. The molecule has 1 aromatic heterocycles. The fourth-order valence-corrected chi connectivity index (χ4v) is 2.50. The van der Waals surface area contributed by atoms with Gasteiger partial charge in [-0.2, -0.15) is 5.10 Å². The normalized spacial score (nSPS) is 12.6. The Bertz CT molecular complexity index is 564. The molecule has 22 heavy (non-hydrogen) atoms. The third kappa shape index (κ3) is 4.08. The van der Waals surface area contributed by atoms with Crippen LogP contribution in [0.2, 0.25) is 0 Å². The van der Waals surface area contributed by atoms with E-state index in [0.29, 0.717) is 12.0 Å². The van der Waals surface area contributed by atoms with Crippen molar-refractivity contribution in [3.8, 4) is 17.0 Å². The molecular weight excluding hydrogens is 278 g/mol. The maximum atomic E-state index is 9.15. The number of aromatic nitrogens is 2. The Balaban J connectivity index is 2.08. The van der Waals surface area contributed by atoms with Crippen molar-refractivity contribution in [1.29, 1.82) is 0 Å². The highest BCUT2D eigenvalue weighted by Crippen LogP contribution is 2.23. The molecule has 0 fully saturated rings. The zero-order valence-corrected chi connectivity index (χ0v) is 13.5. The first-order valence-electron chi connectivity index (χ1n) is 7.66. The van der Waals surface area contributed by atoms with Gasteiger partial charge in [0.1, 0.15) is 5.75 Å². The van der Waals surface area contributed by atoms with Crippen molar-refractivity contribution in [2.24, 2.45) is 5.92 Å². The number of rotatable bonds is 8. The first-order chi connectivity index (χ1) is 10.7. The topological polar surface area (TPSA) is 70.2 Å². The molecule has 5 nitrogen and oxygen atoms in total. The van der Waals surface area contributed by atoms with E-state index in [0.717, 1.165) is 35.5 Å². The van der Waals surface area contributed by atoms with Gasteiger partial charge in [-0.1, -0.05) is 13.8 Å². The summed E-state index contributed by atoms with van der Waals surface area (Å²) in [5.74, 6) is 1.31. The number of hydrogen-bond acceptors (Lipinski definition) is 4. The van der Waals surface area contributed by atoms with Gasteiger partial charge in [0.05, 0.1) is 19.0 Å². The highest BCUT2D eigenvalue weighted by atomic mass is 16.5. The fourth-order valence-electron chi connectivity index (χ4n) is 2.50. The summed E-state index contributed by atoms with van der Waals surface area (Å²) in [6.07, 6.45) is 2.61. The van der Waals surface area contributed by atoms with Crippen LogP contribution in [0.5, 0.6) is 5.75 Å². The lowest BCUT2D eigenvalue weighted by atomic mass is 10.0. The molecule has 0 aliphatic heterocycles. The molecule has 0 amide bonds. The Morgan fingerprint density at radius 2 is 2.00 bits per heavy atom. The second kappa shape index (κ2) is 7.96. The van der Waals surface area contributed by atoms with Crippen LogP contribution in [0, 0.1) is 5.92 Å². The average Bonchev–Trinajstić information content (AvgIpc) is 2.99. The number of methoxy groups -OCH3 is 1. The maximum absolute atomic E-state index is 9.15. The summed E-state index contributed by atoms with van der Waals surface area (Å²) in [4.78, 5) is 0. The van der Waals surface area contributed by atoms with Crippen molar-refractivity contribution < 1.29 is 9.84 Å². The summed E-state index contributed by atoms with van der Waals surface area (Å²) in [6, 6.07) is 8.21. The van der Waals surface area contributed by atoms with Gasteiger partial charge in [-0.3, -0.25) is 5.10 Å². The molecule has 120 valence electrons. The number of benzene rings is 1. The predicted octanol–water partition coefficient (Wildman–Crippen LogP) is 2.58. The van der Waals surface area contributed by atoms with E-state index in [2.05, 4.69) is 29.4 Å². The number of aromatic amines is 1. The second-order valence-corrected chi connectivity index (χ2v) is 5.74. The van der Waals surface area contributed by atoms with E-state index in [1.807, 2.05) is 30.5 Å². The Hall–Kier alpha value is -1.85. The molecule has 5 heteroatoms. The second-order valence-electron chi connectivity index (χ2n) is 5.74. The van der Waals surface area contributed by atoms with Crippen LogP contribution in [0.25, 0.3) is 11.3 Å². The first-order valence-corrected chi connectivity index (χ1v) is 7.66. The summed E-state index contributed by atoms with van der Waals surface area (Å²) < 4.78 is 5.19. The number of aliphatic hydroxyl groups excluding tert-OH is 1. The van der Waals surface area contributed by atoms with E-state index in [4.69, 9.17) is 9.84 Å². The molecule has 3 N–H and O–H groups in total. The summed E-state index contributed by atoms with van der Waals surface area (Å²) in [5, 5.41) is 19.9. The molecule has 1 heterocycles. The van der Waals surface area contributed by atoms with E-state index in [9.17, 15) is 0 Å². The van der Waals surface area contributed by atoms with Gasteiger partial charge in [0, 0.05) is 30.3 Å². The third-order valence-electron chi connectivity index (χ3n) is 3.90.